The SMILES string of the molecule is CCCNC(c1ccc(C)c(F)c1F)C(CC)(CC)OC. The van der Waals surface area contributed by atoms with Crippen molar-refractivity contribution in [3.8, 4) is 0 Å². The summed E-state index contributed by atoms with van der Waals surface area (Å²) in [5, 5.41) is 3.34. The van der Waals surface area contributed by atoms with Gasteiger partial charge in [0.15, 0.2) is 11.6 Å². The van der Waals surface area contributed by atoms with Crippen molar-refractivity contribution >= 4 is 0 Å². The maximum Gasteiger partial charge on any atom is 0.163 e. The van der Waals surface area contributed by atoms with Crippen LogP contribution in [0.25, 0.3) is 0 Å². The summed E-state index contributed by atoms with van der Waals surface area (Å²) in [5.74, 6) is -1.54. The van der Waals surface area contributed by atoms with Gasteiger partial charge in [-0.25, -0.2) is 8.78 Å². The summed E-state index contributed by atoms with van der Waals surface area (Å²) in [6, 6.07) is 2.92. The summed E-state index contributed by atoms with van der Waals surface area (Å²) < 4.78 is 34.1. The highest BCUT2D eigenvalue weighted by molar-refractivity contribution is 5.30. The van der Waals surface area contributed by atoms with Gasteiger partial charge in [-0.2, -0.15) is 0 Å². The number of ether oxygens (including phenoxy) is 1. The van der Waals surface area contributed by atoms with Crippen molar-refractivity contribution in [2.75, 3.05) is 13.7 Å². The second kappa shape index (κ2) is 7.85. The number of hydrogen-bond donors (Lipinski definition) is 1. The first kappa shape index (κ1) is 18.1. The molecule has 0 heterocycles. The van der Waals surface area contributed by atoms with Crippen molar-refractivity contribution in [3.05, 3.63) is 34.9 Å². The van der Waals surface area contributed by atoms with Crippen LogP contribution in [-0.4, -0.2) is 19.3 Å². The van der Waals surface area contributed by atoms with Crippen LogP contribution in [0.4, 0.5) is 8.78 Å². The summed E-state index contributed by atoms with van der Waals surface area (Å²) in [5.41, 5.74) is 0.121. The predicted octanol–water partition coefficient (Wildman–Crippen LogP) is 4.52. The number of halogens is 2. The number of methoxy groups -OCH3 is 1. The zero-order chi connectivity index (χ0) is 16.0. The van der Waals surface area contributed by atoms with Crippen molar-refractivity contribution in [2.24, 2.45) is 0 Å². The van der Waals surface area contributed by atoms with Gasteiger partial charge in [0.25, 0.3) is 0 Å². The van der Waals surface area contributed by atoms with Gasteiger partial charge in [-0.15, -0.1) is 0 Å². The van der Waals surface area contributed by atoms with Gasteiger partial charge in [0.1, 0.15) is 0 Å². The molecule has 0 saturated heterocycles. The first-order valence-electron chi connectivity index (χ1n) is 7.70. The summed E-state index contributed by atoms with van der Waals surface area (Å²) in [6.45, 7) is 8.36. The lowest BCUT2D eigenvalue weighted by Crippen LogP contribution is -2.45. The van der Waals surface area contributed by atoms with Crippen LogP contribution in [0.3, 0.4) is 0 Å². The molecule has 1 aromatic rings. The number of rotatable bonds is 8. The van der Waals surface area contributed by atoms with Crippen LogP contribution in [0.2, 0.25) is 0 Å². The lowest BCUT2D eigenvalue weighted by Gasteiger charge is -2.39. The molecular formula is C17H27F2NO. The summed E-state index contributed by atoms with van der Waals surface area (Å²) in [4.78, 5) is 0. The van der Waals surface area contributed by atoms with Crippen molar-refractivity contribution in [1.82, 2.24) is 5.32 Å². The third-order valence-corrected chi connectivity index (χ3v) is 4.34. The molecule has 1 rings (SSSR count). The molecule has 1 aromatic carbocycles. The van der Waals surface area contributed by atoms with Crippen LogP contribution in [0.1, 0.15) is 57.2 Å². The molecule has 1 N–H and O–H groups in total. The van der Waals surface area contributed by atoms with E-state index in [9.17, 15) is 8.78 Å². The van der Waals surface area contributed by atoms with Gasteiger partial charge in [-0.3, -0.25) is 0 Å². The normalized spacial score (nSPS) is 13.5. The second-order valence-electron chi connectivity index (χ2n) is 5.46. The molecule has 0 aromatic heterocycles. The molecule has 0 aliphatic rings. The zero-order valence-corrected chi connectivity index (χ0v) is 13.7. The Morgan fingerprint density at radius 1 is 1.14 bits per heavy atom. The summed E-state index contributed by atoms with van der Waals surface area (Å²) >= 11 is 0. The Kier molecular flexibility index (Phi) is 6.75. The standard InChI is InChI=1S/C17H27F2NO/c1-6-11-20-16(17(7-2,8-3)21-5)13-10-9-12(4)14(18)15(13)19/h9-10,16,20H,6-8,11H2,1-5H3. The highest BCUT2D eigenvalue weighted by Crippen LogP contribution is 2.37. The second-order valence-corrected chi connectivity index (χ2v) is 5.46. The molecule has 0 saturated carbocycles. The smallest absolute Gasteiger partial charge is 0.163 e. The fraction of sp³-hybridized carbons (Fsp3) is 0.647. The highest BCUT2D eigenvalue weighted by atomic mass is 19.2. The number of benzene rings is 1. The maximum atomic E-state index is 14.4. The first-order valence-corrected chi connectivity index (χ1v) is 7.70. The fourth-order valence-electron chi connectivity index (χ4n) is 2.82. The Morgan fingerprint density at radius 2 is 1.76 bits per heavy atom. The van der Waals surface area contributed by atoms with Crippen LogP contribution in [0, 0.1) is 18.6 Å². The maximum absolute atomic E-state index is 14.4. The first-order chi connectivity index (χ1) is 9.97. The lowest BCUT2D eigenvalue weighted by molar-refractivity contribution is -0.0494. The zero-order valence-electron chi connectivity index (χ0n) is 13.7. The number of hydrogen-bond acceptors (Lipinski definition) is 2. The Morgan fingerprint density at radius 3 is 2.24 bits per heavy atom. The Balaban J connectivity index is 3.34. The van der Waals surface area contributed by atoms with Crippen molar-refractivity contribution in [2.45, 2.75) is 58.6 Å². The van der Waals surface area contributed by atoms with E-state index < -0.39 is 17.2 Å². The van der Waals surface area contributed by atoms with Gasteiger partial charge < -0.3 is 10.1 Å². The topological polar surface area (TPSA) is 21.3 Å². The van der Waals surface area contributed by atoms with E-state index in [0.29, 0.717) is 11.1 Å². The van der Waals surface area contributed by atoms with Gasteiger partial charge in [-0.05, 0) is 38.3 Å². The lowest BCUT2D eigenvalue weighted by atomic mass is 9.83. The van der Waals surface area contributed by atoms with Crippen molar-refractivity contribution < 1.29 is 13.5 Å². The van der Waals surface area contributed by atoms with Gasteiger partial charge in [0, 0.05) is 12.7 Å². The van der Waals surface area contributed by atoms with E-state index in [-0.39, 0.29) is 6.04 Å². The molecule has 2 nitrogen and oxygen atoms in total. The molecule has 0 radical (unpaired) electrons. The molecular weight excluding hydrogens is 272 g/mol. The average Bonchev–Trinajstić information content (AvgIpc) is 2.51. The summed E-state index contributed by atoms with van der Waals surface area (Å²) in [6.07, 6.45) is 2.35. The van der Waals surface area contributed by atoms with Crippen LogP contribution >= 0.6 is 0 Å². The number of nitrogens with one attached hydrogen (secondary N) is 1. The molecule has 21 heavy (non-hydrogen) atoms. The van der Waals surface area contributed by atoms with Crippen molar-refractivity contribution in [3.63, 3.8) is 0 Å². The van der Waals surface area contributed by atoms with Crippen LogP contribution in [-0.2, 0) is 4.74 Å². The van der Waals surface area contributed by atoms with E-state index >= 15 is 0 Å². The molecule has 0 aliphatic carbocycles. The average molecular weight is 299 g/mol. The van der Waals surface area contributed by atoms with Gasteiger partial charge in [-0.1, -0.05) is 32.9 Å². The minimum atomic E-state index is -0.771. The molecule has 120 valence electrons. The van der Waals surface area contributed by atoms with Crippen LogP contribution in [0.5, 0.6) is 0 Å². The monoisotopic (exact) mass is 299 g/mol. The van der Waals surface area contributed by atoms with Crippen molar-refractivity contribution in [1.29, 1.82) is 0 Å². The molecule has 4 heteroatoms. The Hall–Kier alpha value is -1.00. The molecule has 0 bridgehead atoms. The highest BCUT2D eigenvalue weighted by Gasteiger charge is 2.38. The van der Waals surface area contributed by atoms with Crippen LogP contribution in [0.15, 0.2) is 12.1 Å². The van der Waals surface area contributed by atoms with E-state index in [2.05, 4.69) is 5.32 Å². The largest absolute Gasteiger partial charge is 0.376 e. The summed E-state index contributed by atoms with van der Waals surface area (Å²) in [7, 11) is 1.63. The molecule has 0 fully saturated rings. The molecule has 1 atom stereocenters. The molecule has 0 spiro atoms. The fourth-order valence-corrected chi connectivity index (χ4v) is 2.82. The minimum absolute atomic E-state index is 0.321. The van der Waals surface area contributed by atoms with Gasteiger partial charge in [0.05, 0.1) is 11.6 Å². The van der Waals surface area contributed by atoms with E-state index in [4.69, 9.17) is 4.74 Å². The van der Waals surface area contributed by atoms with E-state index in [0.717, 1.165) is 25.8 Å². The predicted molar refractivity (Wildman–Crippen MR) is 82.5 cm³/mol. The van der Waals surface area contributed by atoms with Crippen LogP contribution < -0.4 is 5.32 Å². The molecule has 0 aliphatic heterocycles. The Labute approximate surface area is 126 Å². The quantitative estimate of drug-likeness (QED) is 0.762. The number of aryl methyl sites for hydroxylation is 1. The third kappa shape index (κ3) is 3.61. The molecule has 1 unspecified atom stereocenters. The Bertz CT molecular complexity index is 450. The minimum Gasteiger partial charge on any atom is -0.376 e. The van der Waals surface area contributed by atoms with Gasteiger partial charge in [0.2, 0.25) is 0 Å². The molecule has 0 amide bonds. The van der Waals surface area contributed by atoms with Gasteiger partial charge >= 0.3 is 0 Å². The van der Waals surface area contributed by atoms with E-state index in [1.807, 2.05) is 20.8 Å². The van der Waals surface area contributed by atoms with E-state index in [1.54, 1.807) is 26.2 Å². The third-order valence-electron chi connectivity index (χ3n) is 4.34. The van der Waals surface area contributed by atoms with E-state index in [1.165, 1.54) is 0 Å².